The summed E-state index contributed by atoms with van der Waals surface area (Å²) in [7, 11) is -3.82. The van der Waals surface area contributed by atoms with Gasteiger partial charge in [-0.05, 0) is 56.7 Å². The summed E-state index contributed by atoms with van der Waals surface area (Å²) in [5.74, 6) is -1.74. The molecule has 0 amide bonds. The number of nitrogens with one attached hydrogen (secondary N) is 1. The molecule has 0 unspecified atom stereocenters. The maximum atomic E-state index is 14.0. The van der Waals surface area contributed by atoms with E-state index in [1.807, 2.05) is 0 Å². The lowest BCUT2D eigenvalue weighted by atomic mass is 10.0. The maximum absolute atomic E-state index is 14.0. The fraction of sp³-hybridized carbons (Fsp3) is 0.286. The van der Waals surface area contributed by atoms with Crippen molar-refractivity contribution in [1.82, 2.24) is 19.7 Å². The number of aromatic nitrogens is 3. The van der Waals surface area contributed by atoms with E-state index < -0.39 is 27.4 Å². The van der Waals surface area contributed by atoms with Gasteiger partial charge in [-0.25, -0.2) is 27.0 Å². The van der Waals surface area contributed by atoms with Crippen molar-refractivity contribution < 1.29 is 22.7 Å². The molecule has 0 fully saturated rings. The van der Waals surface area contributed by atoms with Gasteiger partial charge in [0.05, 0.1) is 22.5 Å². The van der Waals surface area contributed by atoms with Crippen LogP contribution in [0.2, 0.25) is 0 Å². The van der Waals surface area contributed by atoms with Crippen LogP contribution in [0.15, 0.2) is 53.2 Å². The number of aromatic carboxylic acids is 1. The highest BCUT2D eigenvalue weighted by molar-refractivity contribution is 7.89. The van der Waals surface area contributed by atoms with E-state index in [2.05, 4.69) is 15.0 Å². The number of sulfonamides is 1. The second kappa shape index (κ2) is 8.77. The van der Waals surface area contributed by atoms with E-state index in [9.17, 15) is 22.7 Å². The SMILES string of the molecule is CC(C)(C)NS(=O)(=O)c1cccc(-c2cc(C(=O)O)cc3c2nnn3C/C(F)=C/CN)c1. The van der Waals surface area contributed by atoms with Gasteiger partial charge in [-0.2, -0.15) is 0 Å². The quantitative estimate of drug-likeness (QED) is 0.491. The smallest absolute Gasteiger partial charge is 0.335 e. The highest BCUT2D eigenvalue weighted by Gasteiger charge is 2.23. The number of nitrogens with zero attached hydrogens (tertiary/aromatic N) is 3. The zero-order chi connectivity index (χ0) is 23.7. The predicted octanol–water partition coefficient (Wildman–Crippen LogP) is 2.69. The number of hydrogen-bond acceptors (Lipinski definition) is 6. The number of hydrogen-bond donors (Lipinski definition) is 3. The molecule has 0 atom stereocenters. The van der Waals surface area contributed by atoms with Crippen molar-refractivity contribution in [2.45, 2.75) is 37.8 Å². The molecule has 0 aliphatic carbocycles. The van der Waals surface area contributed by atoms with E-state index in [4.69, 9.17) is 5.73 Å². The first-order chi connectivity index (χ1) is 14.9. The zero-order valence-corrected chi connectivity index (χ0v) is 18.6. The lowest BCUT2D eigenvalue weighted by Crippen LogP contribution is -2.40. The summed E-state index contributed by atoms with van der Waals surface area (Å²) in [5.41, 5.74) is 5.97. The van der Waals surface area contributed by atoms with Crippen LogP contribution in [-0.4, -0.2) is 46.6 Å². The third-order valence-corrected chi connectivity index (χ3v) is 6.16. The van der Waals surface area contributed by atoms with Crippen LogP contribution in [0.25, 0.3) is 22.2 Å². The average Bonchev–Trinajstić information content (AvgIpc) is 3.08. The Morgan fingerprint density at radius 2 is 2.00 bits per heavy atom. The molecular formula is C21H24FN5O4S. The second-order valence-corrected chi connectivity index (χ2v) is 9.90. The third kappa shape index (κ3) is 5.18. The molecular weight excluding hydrogens is 437 g/mol. The summed E-state index contributed by atoms with van der Waals surface area (Å²) in [6.07, 6.45) is 1.19. The molecule has 0 radical (unpaired) electrons. The van der Waals surface area contributed by atoms with Crippen molar-refractivity contribution in [1.29, 1.82) is 0 Å². The van der Waals surface area contributed by atoms with Crippen molar-refractivity contribution in [2.24, 2.45) is 5.73 Å². The monoisotopic (exact) mass is 461 g/mol. The molecule has 3 aromatic rings. The summed E-state index contributed by atoms with van der Waals surface area (Å²) in [5, 5.41) is 17.6. The lowest BCUT2D eigenvalue weighted by molar-refractivity contribution is 0.0697. The Kier molecular flexibility index (Phi) is 6.44. The van der Waals surface area contributed by atoms with Crippen LogP contribution in [0.1, 0.15) is 31.1 Å². The van der Waals surface area contributed by atoms with E-state index in [0.29, 0.717) is 22.2 Å². The molecule has 1 heterocycles. The molecule has 1 aromatic heterocycles. The average molecular weight is 462 g/mol. The first-order valence-electron chi connectivity index (χ1n) is 9.71. The van der Waals surface area contributed by atoms with Crippen molar-refractivity contribution in [3.05, 3.63) is 53.9 Å². The molecule has 0 saturated heterocycles. The molecule has 2 aromatic carbocycles. The van der Waals surface area contributed by atoms with Crippen LogP contribution in [0.5, 0.6) is 0 Å². The molecule has 32 heavy (non-hydrogen) atoms. The van der Waals surface area contributed by atoms with E-state index in [-0.39, 0.29) is 23.5 Å². The highest BCUT2D eigenvalue weighted by Crippen LogP contribution is 2.31. The molecule has 0 aliphatic rings. The van der Waals surface area contributed by atoms with Crippen LogP contribution in [-0.2, 0) is 16.6 Å². The van der Waals surface area contributed by atoms with Gasteiger partial charge in [0, 0.05) is 17.6 Å². The summed E-state index contributed by atoms with van der Waals surface area (Å²) in [6.45, 7) is 4.93. The maximum Gasteiger partial charge on any atom is 0.335 e. The summed E-state index contributed by atoms with van der Waals surface area (Å²) in [6, 6.07) is 8.81. The molecule has 4 N–H and O–H groups in total. The molecule has 0 spiro atoms. The van der Waals surface area contributed by atoms with Crippen molar-refractivity contribution in [3.8, 4) is 11.1 Å². The minimum atomic E-state index is -3.82. The summed E-state index contributed by atoms with van der Waals surface area (Å²) in [4.78, 5) is 11.7. The van der Waals surface area contributed by atoms with E-state index in [1.165, 1.54) is 35.0 Å². The Hall–Kier alpha value is -3.15. The van der Waals surface area contributed by atoms with Crippen molar-refractivity contribution >= 4 is 27.0 Å². The number of carboxylic acids is 1. The van der Waals surface area contributed by atoms with E-state index in [1.54, 1.807) is 32.9 Å². The molecule has 11 heteroatoms. The first kappa shape index (κ1) is 23.5. The minimum Gasteiger partial charge on any atom is -0.478 e. The largest absolute Gasteiger partial charge is 0.478 e. The van der Waals surface area contributed by atoms with E-state index >= 15 is 0 Å². The fourth-order valence-corrected chi connectivity index (χ4v) is 4.62. The van der Waals surface area contributed by atoms with Gasteiger partial charge in [-0.1, -0.05) is 17.3 Å². The Labute approximate surface area is 184 Å². The normalized spacial score (nSPS) is 13.0. The van der Waals surface area contributed by atoms with E-state index in [0.717, 1.165) is 0 Å². The molecule has 0 bridgehead atoms. The summed E-state index contributed by atoms with van der Waals surface area (Å²) >= 11 is 0. The van der Waals surface area contributed by atoms with Crippen LogP contribution in [0, 0.1) is 0 Å². The standard InChI is InChI=1S/C21H24FN5O4S/c1-21(2,3)25-32(30,31)16-6-4-5-13(9-16)17-10-14(20(28)29)11-18-19(17)24-26-27(18)12-15(22)7-8-23/h4-7,9-11,25H,8,12,23H2,1-3H3,(H,28,29)/b15-7-. The Balaban J connectivity index is 2.18. The number of benzene rings is 2. The van der Waals surface area contributed by atoms with Crippen molar-refractivity contribution in [2.75, 3.05) is 6.54 Å². The second-order valence-electron chi connectivity index (χ2n) is 8.21. The Morgan fingerprint density at radius 1 is 1.28 bits per heavy atom. The van der Waals surface area contributed by atoms with Gasteiger partial charge in [0.2, 0.25) is 10.0 Å². The van der Waals surface area contributed by atoms with Gasteiger partial charge < -0.3 is 10.8 Å². The van der Waals surface area contributed by atoms with Crippen LogP contribution < -0.4 is 10.5 Å². The molecule has 0 saturated carbocycles. The number of rotatable bonds is 7. The first-order valence-corrected chi connectivity index (χ1v) is 11.2. The minimum absolute atomic E-state index is 0.00789. The number of halogens is 1. The van der Waals surface area contributed by atoms with Gasteiger partial charge in [0.1, 0.15) is 11.3 Å². The van der Waals surface area contributed by atoms with Crippen LogP contribution in [0.4, 0.5) is 4.39 Å². The van der Waals surface area contributed by atoms with Gasteiger partial charge in [0.25, 0.3) is 0 Å². The summed E-state index contributed by atoms with van der Waals surface area (Å²) < 4.78 is 43.3. The predicted molar refractivity (Wildman–Crippen MR) is 118 cm³/mol. The highest BCUT2D eigenvalue weighted by atomic mass is 32.2. The lowest BCUT2D eigenvalue weighted by Gasteiger charge is -2.20. The number of allylic oxidation sites excluding steroid dienone is 1. The van der Waals surface area contributed by atoms with Gasteiger partial charge in [-0.3, -0.25) is 0 Å². The van der Waals surface area contributed by atoms with Crippen LogP contribution >= 0.6 is 0 Å². The molecule has 170 valence electrons. The van der Waals surface area contributed by atoms with Gasteiger partial charge >= 0.3 is 5.97 Å². The number of carbonyl (C=O) groups is 1. The fourth-order valence-electron chi connectivity index (χ4n) is 3.16. The molecule has 0 aliphatic heterocycles. The number of fused-ring (bicyclic) bond motifs is 1. The molecule has 9 nitrogen and oxygen atoms in total. The topological polar surface area (TPSA) is 140 Å². The Bertz CT molecular complexity index is 1310. The zero-order valence-electron chi connectivity index (χ0n) is 17.8. The number of nitrogens with two attached hydrogens (primary N) is 1. The van der Waals surface area contributed by atoms with Crippen molar-refractivity contribution in [3.63, 3.8) is 0 Å². The third-order valence-electron chi connectivity index (χ3n) is 4.40. The molecule has 3 rings (SSSR count). The number of carboxylic acid groups (broad SMARTS) is 1. The van der Waals surface area contributed by atoms with Crippen LogP contribution in [0.3, 0.4) is 0 Å². The van der Waals surface area contributed by atoms with Gasteiger partial charge in [-0.15, -0.1) is 5.10 Å². The van der Waals surface area contributed by atoms with Gasteiger partial charge in [0.15, 0.2) is 0 Å². The Morgan fingerprint density at radius 3 is 2.62 bits per heavy atom.